The number of methoxy groups -OCH3 is 1. The quantitative estimate of drug-likeness (QED) is 0.533. The normalized spacial score (nSPS) is 19.2. The van der Waals surface area contributed by atoms with Crippen LogP contribution in [0.25, 0.3) is 0 Å². The van der Waals surface area contributed by atoms with Crippen LogP contribution in [0.15, 0.2) is 70.8 Å². The summed E-state index contributed by atoms with van der Waals surface area (Å²) in [7, 11) is 1.32. The molecule has 0 saturated heterocycles. The van der Waals surface area contributed by atoms with Gasteiger partial charge in [-0.05, 0) is 30.2 Å². The Balaban J connectivity index is 2.16. The number of rotatable bonds is 5. The molecule has 0 aliphatic carbocycles. The van der Waals surface area contributed by atoms with Crippen molar-refractivity contribution < 1.29 is 13.9 Å². The van der Waals surface area contributed by atoms with Crippen LogP contribution in [0, 0.1) is 5.82 Å². The number of halogens is 2. The predicted octanol–water partition coefficient (Wildman–Crippen LogP) is 4.45. The second-order valence-electron chi connectivity index (χ2n) is 6.03. The van der Waals surface area contributed by atoms with E-state index < -0.39 is 17.2 Å². The lowest BCUT2D eigenvalue weighted by Gasteiger charge is -2.29. The Morgan fingerprint density at radius 2 is 2.12 bits per heavy atom. The summed E-state index contributed by atoms with van der Waals surface area (Å²) in [6, 6.07) is 14.2. The lowest BCUT2D eigenvalue weighted by molar-refractivity contribution is -0.133. The van der Waals surface area contributed by atoms with Gasteiger partial charge in [0.25, 0.3) is 0 Å². The summed E-state index contributed by atoms with van der Waals surface area (Å²) in [5, 5.41) is 5.96. The monoisotopic (exact) mass is 416 g/mol. The van der Waals surface area contributed by atoms with Crippen LogP contribution >= 0.6 is 15.9 Å². The van der Waals surface area contributed by atoms with Crippen molar-refractivity contribution in [1.82, 2.24) is 0 Å². The fraction of sp³-hybridized carbons (Fsp3) is 0.200. The van der Waals surface area contributed by atoms with Gasteiger partial charge in [-0.2, -0.15) is 5.10 Å². The van der Waals surface area contributed by atoms with E-state index in [4.69, 9.17) is 4.74 Å². The molecule has 26 heavy (non-hydrogen) atoms. The Bertz CT molecular complexity index is 869. The fourth-order valence-corrected chi connectivity index (χ4v) is 3.60. The second kappa shape index (κ2) is 7.41. The Labute approximate surface area is 160 Å². The number of hydrogen-bond donors (Lipinski definition) is 0. The highest BCUT2D eigenvalue weighted by Crippen LogP contribution is 2.39. The topological polar surface area (TPSA) is 41.9 Å². The summed E-state index contributed by atoms with van der Waals surface area (Å²) in [6.07, 6.45) is 2.21. The number of ether oxygens (including phenoxy) is 1. The van der Waals surface area contributed by atoms with E-state index in [0.717, 1.165) is 10.0 Å². The van der Waals surface area contributed by atoms with Crippen LogP contribution in [-0.2, 0) is 14.9 Å². The molecule has 0 bridgehead atoms. The van der Waals surface area contributed by atoms with Crippen molar-refractivity contribution in [3.63, 3.8) is 0 Å². The number of carbonyl (C=O) groups excluding carboxylic acids is 1. The maximum atomic E-state index is 14.4. The number of hydrogen-bond acceptors (Lipinski definition) is 4. The van der Waals surface area contributed by atoms with Crippen LogP contribution in [0.3, 0.4) is 0 Å². The largest absolute Gasteiger partial charge is 0.464 e. The van der Waals surface area contributed by atoms with Gasteiger partial charge in [0.15, 0.2) is 5.71 Å². The van der Waals surface area contributed by atoms with Crippen LogP contribution in [-0.4, -0.2) is 25.3 Å². The number of benzene rings is 2. The molecular formula is C20H18BrFN2O2. The van der Waals surface area contributed by atoms with E-state index in [9.17, 15) is 9.18 Å². The van der Waals surface area contributed by atoms with Crippen LogP contribution < -0.4 is 5.01 Å². The van der Waals surface area contributed by atoms with Crippen molar-refractivity contribution in [1.29, 1.82) is 0 Å². The standard InChI is InChI=1S/C20H18BrFN2O2/c1-3-11-20(14-7-5-4-6-8-14)13-24(23-18(20)19(25)26-2)17-12-15(21)9-10-16(17)22/h3-10,12H,1,11,13H2,2H3. The van der Waals surface area contributed by atoms with Crippen molar-refractivity contribution in [2.75, 3.05) is 18.7 Å². The molecule has 0 radical (unpaired) electrons. The van der Waals surface area contributed by atoms with E-state index in [1.807, 2.05) is 30.3 Å². The fourth-order valence-electron chi connectivity index (χ4n) is 3.25. The molecule has 4 nitrogen and oxygen atoms in total. The third-order valence-electron chi connectivity index (χ3n) is 4.48. The average molecular weight is 417 g/mol. The van der Waals surface area contributed by atoms with Crippen molar-refractivity contribution in [2.24, 2.45) is 5.10 Å². The van der Waals surface area contributed by atoms with Crippen LogP contribution in [0.4, 0.5) is 10.1 Å². The van der Waals surface area contributed by atoms with Crippen molar-refractivity contribution >= 4 is 33.3 Å². The van der Waals surface area contributed by atoms with Gasteiger partial charge in [0.1, 0.15) is 5.82 Å². The molecule has 0 spiro atoms. The number of allylic oxidation sites excluding steroid dienone is 1. The predicted molar refractivity (Wildman–Crippen MR) is 104 cm³/mol. The molecule has 1 heterocycles. The van der Waals surface area contributed by atoms with E-state index in [1.54, 1.807) is 18.2 Å². The molecule has 0 fully saturated rings. The molecule has 134 valence electrons. The lowest BCUT2D eigenvalue weighted by atomic mass is 9.74. The van der Waals surface area contributed by atoms with Crippen LogP contribution in [0.1, 0.15) is 12.0 Å². The summed E-state index contributed by atoms with van der Waals surface area (Å²) in [5.41, 5.74) is 0.681. The van der Waals surface area contributed by atoms with Gasteiger partial charge >= 0.3 is 5.97 Å². The number of carbonyl (C=O) groups is 1. The van der Waals surface area contributed by atoms with Gasteiger partial charge in [-0.1, -0.05) is 52.3 Å². The first-order valence-electron chi connectivity index (χ1n) is 8.08. The SMILES string of the molecule is C=CCC1(c2ccccc2)CN(c2cc(Br)ccc2F)N=C1C(=O)OC. The van der Waals surface area contributed by atoms with E-state index in [0.29, 0.717) is 18.7 Å². The van der Waals surface area contributed by atoms with Crippen molar-refractivity contribution in [3.8, 4) is 0 Å². The molecule has 1 aliphatic rings. The van der Waals surface area contributed by atoms with Crippen LogP contribution in [0.5, 0.6) is 0 Å². The maximum absolute atomic E-state index is 14.4. The summed E-state index contributed by atoms with van der Waals surface area (Å²) in [5.74, 6) is -0.947. The minimum absolute atomic E-state index is 0.241. The third kappa shape index (κ3) is 3.17. The number of nitrogens with zero attached hydrogens (tertiary/aromatic N) is 2. The summed E-state index contributed by atoms with van der Waals surface area (Å²) < 4.78 is 20.1. The maximum Gasteiger partial charge on any atom is 0.355 e. The Kier molecular flexibility index (Phi) is 5.23. The molecular weight excluding hydrogens is 399 g/mol. The van der Waals surface area contributed by atoms with Gasteiger partial charge in [-0.15, -0.1) is 6.58 Å². The average Bonchev–Trinajstić information content (AvgIpc) is 3.04. The summed E-state index contributed by atoms with van der Waals surface area (Å²) >= 11 is 3.36. The molecule has 1 aliphatic heterocycles. The molecule has 1 atom stereocenters. The van der Waals surface area contributed by atoms with Gasteiger partial charge in [0.05, 0.1) is 24.8 Å². The number of anilines is 1. The molecule has 3 rings (SSSR count). The summed E-state index contributed by atoms with van der Waals surface area (Å²) in [4.78, 5) is 12.5. The zero-order valence-electron chi connectivity index (χ0n) is 14.3. The molecule has 0 saturated carbocycles. The highest BCUT2D eigenvalue weighted by Gasteiger charge is 2.48. The zero-order chi connectivity index (χ0) is 18.7. The van der Waals surface area contributed by atoms with Gasteiger partial charge < -0.3 is 4.74 Å². The van der Waals surface area contributed by atoms with Gasteiger partial charge in [0.2, 0.25) is 0 Å². The smallest absolute Gasteiger partial charge is 0.355 e. The van der Waals surface area contributed by atoms with Crippen LogP contribution in [0.2, 0.25) is 0 Å². The van der Waals surface area contributed by atoms with E-state index in [1.165, 1.54) is 18.2 Å². The lowest BCUT2D eigenvalue weighted by Crippen LogP contribution is -2.42. The first-order chi connectivity index (χ1) is 12.5. The molecule has 0 amide bonds. The molecule has 6 heteroatoms. The van der Waals surface area contributed by atoms with Gasteiger partial charge in [-0.25, -0.2) is 9.18 Å². The van der Waals surface area contributed by atoms with Crippen molar-refractivity contribution in [3.05, 3.63) is 77.0 Å². The first kappa shape index (κ1) is 18.3. The van der Waals surface area contributed by atoms with Crippen molar-refractivity contribution in [2.45, 2.75) is 11.8 Å². The zero-order valence-corrected chi connectivity index (χ0v) is 15.9. The van der Waals surface area contributed by atoms with E-state index >= 15 is 0 Å². The molecule has 1 unspecified atom stereocenters. The minimum atomic E-state index is -0.759. The number of hydrazone groups is 1. The van der Waals surface area contributed by atoms with E-state index in [2.05, 4.69) is 27.6 Å². The number of esters is 1. The van der Waals surface area contributed by atoms with E-state index in [-0.39, 0.29) is 5.71 Å². The highest BCUT2D eigenvalue weighted by molar-refractivity contribution is 9.10. The Morgan fingerprint density at radius 3 is 2.77 bits per heavy atom. The third-order valence-corrected chi connectivity index (χ3v) is 4.97. The molecule has 0 aromatic heterocycles. The first-order valence-corrected chi connectivity index (χ1v) is 8.87. The Hall–Kier alpha value is -2.47. The Morgan fingerprint density at radius 1 is 1.38 bits per heavy atom. The van der Waals surface area contributed by atoms with Gasteiger partial charge in [0, 0.05) is 4.47 Å². The second-order valence-corrected chi connectivity index (χ2v) is 6.95. The summed E-state index contributed by atoms with van der Waals surface area (Å²) in [6.45, 7) is 4.14. The van der Waals surface area contributed by atoms with Gasteiger partial charge in [-0.3, -0.25) is 5.01 Å². The highest BCUT2D eigenvalue weighted by atomic mass is 79.9. The molecule has 2 aromatic rings. The molecule has 2 aromatic carbocycles. The molecule has 0 N–H and O–H groups in total. The minimum Gasteiger partial charge on any atom is -0.464 e.